The lowest BCUT2D eigenvalue weighted by Gasteiger charge is -2.17. The number of benzene rings is 1. The largest absolute Gasteiger partial charge is 0.479 e. The zero-order chi connectivity index (χ0) is 15.7. The number of halogens is 1. The highest BCUT2D eigenvalue weighted by Crippen LogP contribution is 2.27. The summed E-state index contributed by atoms with van der Waals surface area (Å²) >= 11 is 0. The van der Waals surface area contributed by atoms with Gasteiger partial charge in [0.15, 0.2) is 0 Å². The number of carboxylic acid groups (broad SMARTS) is 1. The SMILES string of the molecule is O=C(c1ccc(-n2cnnn2)cc1)N1CCC(F)(C(=O)O)C1. The predicted octanol–water partition coefficient (Wildman–Crippen LogP) is 0.301. The molecule has 1 amide bonds. The normalized spacial score (nSPS) is 21.0. The molecule has 1 N–H and O–H groups in total. The van der Waals surface area contributed by atoms with E-state index in [4.69, 9.17) is 5.11 Å². The van der Waals surface area contributed by atoms with Crippen molar-refractivity contribution >= 4 is 11.9 Å². The molecule has 0 saturated carbocycles. The average molecular weight is 305 g/mol. The number of alkyl halides is 1. The Labute approximate surface area is 124 Å². The van der Waals surface area contributed by atoms with Gasteiger partial charge >= 0.3 is 5.97 Å². The summed E-state index contributed by atoms with van der Waals surface area (Å²) < 4.78 is 15.4. The van der Waals surface area contributed by atoms with E-state index in [0.29, 0.717) is 11.3 Å². The van der Waals surface area contributed by atoms with E-state index in [9.17, 15) is 14.0 Å². The Hall–Kier alpha value is -2.84. The van der Waals surface area contributed by atoms with Gasteiger partial charge < -0.3 is 10.0 Å². The third kappa shape index (κ3) is 2.41. The van der Waals surface area contributed by atoms with Crippen molar-refractivity contribution in [2.45, 2.75) is 12.1 Å². The molecule has 9 heteroatoms. The molecule has 1 aromatic heterocycles. The lowest BCUT2D eigenvalue weighted by molar-refractivity contribution is -0.149. The van der Waals surface area contributed by atoms with Gasteiger partial charge in [-0.1, -0.05) is 0 Å². The quantitative estimate of drug-likeness (QED) is 0.875. The topological polar surface area (TPSA) is 101 Å². The molecule has 8 nitrogen and oxygen atoms in total. The summed E-state index contributed by atoms with van der Waals surface area (Å²) in [4.78, 5) is 24.4. The van der Waals surface area contributed by atoms with Gasteiger partial charge in [0.05, 0.1) is 12.2 Å². The summed E-state index contributed by atoms with van der Waals surface area (Å²) in [6.45, 7) is -0.355. The molecule has 0 spiro atoms. The summed E-state index contributed by atoms with van der Waals surface area (Å²) in [5.41, 5.74) is -1.33. The molecule has 1 atom stereocenters. The van der Waals surface area contributed by atoms with Crippen LogP contribution in [-0.2, 0) is 4.79 Å². The van der Waals surface area contributed by atoms with Crippen LogP contribution in [0.5, 0.6) is 0 Å². The number of carbonyl (C=O) groups excluding carboxylic acids is 1. The second kappa shape index (κ2) is 5.17. The monoisotopic (exact) mass is 305 g/mol. The van der Waals surface area contributed by atoms with E-state index in [1.54, 1.807) is 24.3 Å². The van der Waals surface area contributed by atoms with Crippen LogP contribution in [0.4, 0.5) is 4.39 Å². The van der Waals surface area contributed by atoms with Gasteiger partial charge in [-0.25, -0.2) is 13.9 Å². The van der Waals surface area contributed by atoms with E-state index < -0.39 is 24.1 Å². The van der Waals surface area contributed by atoms with Crippen molar-refractivity contribution in [2.24, 2.45) is 0 Å². The second-order valence-electron chi connectivity index (χ2n) is 5.05. The molecule has 22 heavy (non-hydrogen) atoms. The first kappa shape index (κ1) is 14.1. The van der Waals surface area contributed by atoms with Crippen LogP contribution in [0.15, 0.2) is 30.6 Å². The number of carbonyl (C=O) groups is 2. The number of rotatable bonds is 3. The fraction of sp³-hybridized carbons (Fsp3) is 0.308. The molecule has 1 fully saturated rings. The molecule has 1 aliphatic rings. The Morgan fingerprint density at radius 3 is 2.55 bits per heavy atom. The van der Waals surface area contributed by atoms with E-state index in [2.05, 4.69) is 15.5 Å². The Morgan fingerprint density at radius 1 is 1.27 bits per heavy atom. The minimum Gasteiger partial charge on any atom is -0.479 e. The maximum Gasteiger partial charge on any atom is 0.343 e. The van der Waals surface area contributed by atoms with Crippen molar-refractivity contribution in [1.29, 1.82) is 0 Å². The van der Waals surface area contributed by atoms with Gasteiger partial charge in [0.1, 0.15) is 6.33 Å². The van der Waals surface area contributed by atoms with Crippen LogP contribution < -0.4 is 0 Å². The molecule has 2 heterocycles. The minimum absolute atomic E-state index is 0.0797. The van der Waals surface area contributed by atoms with Gasteiger partial charge in [0.25, 0.3) is 5.91 Å². The number of aliphatic carboxylic acids is 1. The third-order valence-electron chi connectivity index (χ3n) is 3.62. The lowest BCUT2D eigenvalue weighted by Crippen LogP contribution is -2.38. The highest BCUT2D eigenvalue weighted by molar-refractivity contribution is 5.95. The summed E-state index contributed by atoms with van der Waals surface area (Å²) in [6.07, 6.45) is 1.22. The van der Waals surface area contributed by atoms with Crippen LogP contribution in [0.25, 0.3) is 5.69 Å². The number of likely N-dealkylation sites (tertiary alicyclic amines) is 1. The number of aromatic nitrogens is 4. The Kier molecular flexibility index (Phi) is 3.32. The highest BCUT2D eigenvalue weighted by Gasteiger charge is 2.46. The lowest BCUT2D eigenvalue weighted by atomic mass is 10.1. The van der Waals surface area contributed by atoms with Gasteiger partial charge in [-0.2, -0.15) is 0 Å². The van der Waals surface area contributed by atoms with Gasteiger partial charge in [-0.05, 0) is 34.7 Å². The smallest absolute Gasteiger partial charge is 0.343 e. The fourth-order valence-corrected chi connectivity index (χ4v) is 2.34. The Morgan fingerprint density at radius 2 is 2.00 bits per heavy atom. The standard InChI is InChI=1S/C13H12FN5O3/c14-13(12(21)22)5-6-18(7-13)11(20)9-1-3-10(4-2-9)19-8-15-16-17-19/h1-4,8H,5-7H2,(H,21,22). The van der Waals surface area contributed by atoms with Crippen LogP contribution in [0.3, 0.4) is 0 Å². The van der Waals surface area contributed by atoms with E-state index in [-0.39, 0.29) is 13.0 Å². The Bertz CT molecular complexity index is 703. The molecule has 3 rings (SSSR count). The fourth-order valence-electron chi connectivity index (χ4n) is 2.34. The van der Waals surface area contributed by atoms with Crippen LogP contribution in [-0.4, -0.2) is 60.8 Å². The summed E-state index contributed by atoms with van der Waals surface area (Å²) in [7, 11) is 0. The number of amides is 1. The summed E-state index contributed by atoms with van der Waals surface area (Å²) in [6, 6.07) is 6.44. The number of nitrogens with zero attached hydrogens (tertiary/aromatic N) is 5. The van der Waals surface area contributed by atoms with Gasteiger partial charge in [0, 0.05) is 18.5 Å². The molecule has 1 unspecified atom stereocenters. The van der Waals surface area contributed by atoms with Gasteiger partial charge in [-0.15, -0.1) is 5.10 Å². The zero-order valence-electron chi connectivity index (χ0n) is 11.4. The maximum atomic E-state index is 14.0. The van der Waals surface area contributed by atoms with E-state index in [1.807, 2.05) is 0 Å². The molecule has 1 saturated heterocycles. The molecule has 0 aliphatic carbocycles. The summed E-state index contributed by atoms with van der Waals surface area (Å²) in [5, 5.41) is 19.6. The van der Waals surface area contributed by atoms with Crippen molar-refractivity contribution in [1.82, 2.24) is 25.1 Å². The first-order valence-corrected chi connectivity index (χ1v) is 6.55. The molecule has 1 aromatic carbocycles. The van der Waals surface area contributed by atoms with Crippen LogP contribution >= 0.6 is 0 Å². The molecule has 114 valence electrons. The van der Waals surface area contributed by atoms with E-state index >= 15 is 0 Å². The predicted molar refractivity (Wildman–Crippen MR) is 71.1 cm³/mol. The first-order chi connectivity index (χ1) is 10.5. The summed E-state index contributed by atoms with van der Waals surface area (Å²) in [5.74, 6) is -1.93. The van der Waals surface area contributed by atoms with Crippen molar-refractivity contribution in [3.05, 3.63) is 36.2 Å². The van der Waals surface area contributed by atoms with E-state index in [0.717, 1.165) is 0 Å². The number of hydrogen-bond donors (Lipinski definition) is 1. The minimum atomic E-state index is -2.36. The van der Waals surface area contributed by atoms with Crippen molar-refractivity contribution in [3.8, 4) is 5.69 Å². The van der Waals surface area contributed by atoms with Crippen molar-refractivity contribution in [2.75, 3.05) is 13.1 Å². The zero-order valence-corrected chi connectivity index (χ0v) is 11.4. The Balaban J connectivity index is 1.75. The molecule has 1 aliphatic heterocycles. The molecular formula is C13H12FN5O3. The van der Waals surface area contributed by atoms with Gasteiger partial charge in [0.2, 0.25) is 5.67 Å². The number of hydrogen-bond acceptors (Lipinski definition) is 5. The highest BCUT2D eigenvalue weighted by atomic mass is 19.1. The van der Waals surface area contributed by atoms with E-state index in [1.165, 1.54) is 15.9 Å². The van der Waals surface area contributed by atoms with Crippen molar-refractivity contribution < 1.29 is 19.1 Å². The molecule has 2 aromatic rings. The van der Waals surface area contributed by atoms with Crippen LogP contribution in [0.2, 0.25) is 0 Å². The number of carboxylic acids is 1. The average Bonchev–Trinajstić information content (AvgIpc) is 3.17. The van der Waals surface area contributed by atoms with Crippen LogP contribution in [0, 0.1) is 0 Å². The third-order valence-corrected chi connectivity index (χ3v) is 3.62. The second-order valence-corrected chi connectivity index (χ2v) is 5.05. The first-order valence-electron chi connectivity index (χ1n) is 6.55. The maximum absolute atomic E-state index is 14.0. The van der Waals surface area contributed by atoms with Gasteiger partial charge in [-0.3, -0.25) is 4.79 Å². The van der Waals surface area contributed by atoms with Crippen molar-refractivity contribution in [3.63, 3.8) is 0 Å². The number of tetrazole rings is 1. The van der Waals surface area contributed by atoms with Crippen LogP contribution in [0.1, 0.15) is 16.8 Å². The molecule has 0 radical (unpaired) electrons. The molecular weight excluding hydrogens is 293 g/mol. The molecule has 0 bridgehead atoms.